The lowest BCUT2D eigenvalue weighted by atomic mass is 10.2. The van der Waals surface area contributed by atoms with Gasteiger partial charge in [0.2, 0.25) is 0 Å². The van der Waals surface area contributed by atoms with Crippen LogP contribution in [0.2, 0.25) is 13.1 Å². The number of pyridine rings is 1. The number of nitriles is 1. The highest BCUT2D eigenvalue weighted by Gasteiger charge is 2.32. The summed E-state index contributed by atoms with van der Waals surface area (Å²) >= 11 is 0. The predicted octanol–water partition coefficient (Wildman–Crippen LogP) is 3.63. The van der Waals surface area contributed by atoms with E-state index in [0.717, 1.165) is 11.6 Å². The van der Waals surface area contributed by atoms with Crippen molar-refractivity contribution in [3.05, 3.63) is 66.0 Å². The Kier molecular flexibility index (Phi) is 6.89. The van der Waals surface area contributed by atoms with Gasteiger partial charge in [0.15, 0.2) is 14.9 Å². The van der Waals surface area contributed by atoms with Crippen LogP contribution in [0, 0.1) is 11.3 Å². The van der Waals surface area contributed by atoms with E-state index >= 15 is 0 Å². The molecule has 136 valence electrons. The maximum Gasteiger partial charge on any atom is 0.199 e. The van der Waals surface area contributed by atoms with Gasteiger partial charge in [-0.3, -0.25) is 0 Å². The van der Waals surface area contributed by atoms with Crippen molar-refractivity contribution in [3.63, 3.8) is 0 Å². The molecule has 1 aromatic heterocycles. The standard InChI is InChI=1S/C20H24N2O2SSi/c1-26(2,18-11-5-3-6-12-18)19(13-7-4-9-15-21)17-25(23,24)20-14-8-10-16-22-20/h3,5-6,8,10-14,16H,4,7,9,17H2,1-2H3/b19-13+. The maximum atomic E-state index is 12.9. The van der Waals surface area contributed by atoms with Crippen molar-refractivity contribution in [1.82, 2.24) is 4.98 Å². The van der Waals surface area contributed by atoms with Crippen molar-refractivity contribution in [1.29, 1.82) is 5.26 Å². The van der Waals surface area contributed by atoms with Crippen LogP contribution in [0.5, 0.6) is 0 Å². The number of hydrogen-bond donors (Lipinski definition) is 0. The molecule has 26 heavy (non-hydrogen) atoms. The van der Waals surface area contributed by atoms with E-state index in [1.807, 2.05) is 24.3 Å². The molecule has 1 heterocycles. The second-order valence-corrected chi connectivity index (χ2v) is 13.1. The van der Waals surface area contributed by atoms with E-state index in [0.29, 0.717) is 12.8 Å². The summed E-state index contributed by atoms with van der Waals surface area (Å²) in [5.74, 6) is -0.0231. The minimum absolute atomic E-state index is 0.0231. The first-order chi connectivity index (χ1) is 12.4. The fourth-order valence-corrected chi connectivity index (χ4v) is 8.05. The van der Waals surface area contributed by atoms with Gasteiger partial charge in [0.25, 0.3) is 0 Å². The normalized spacial score (nSPS) is 12.6. The monoisotopic (exact) mass is 384 g/mol. The molecule has 2 rings (SSSR count). The van der Waals surface area contributed by atoms with E-state index in [4.69, 9.17) is 5.26 Å². The average molecular weight is 385 g/mol. The van der Waals surface area contributed by atoms with Gasteiger partial charge in [-0.05, 0) is 25.0 Å². The first-order valence-electron chi connectivity index (χ1n) is 8.63. The lowest BCUT2D eigenvalue weighted by Gasteiger charge is -2.27. The first kappa shape index (κ1) is 20.1. The van der Waals surface area contributed by atoms with Gasteiger partial charge in [-0.1, -0.05) is 66.0 Å². The van der Waals surface area contributed by atoms with E-state index in [-0.39, 0.29) is 10.8 Å². The van der Waals surface area contributed by atoms with E-state index in [1.54, 1.807) is 18.2 Å². The third-order valence-corrected chi connectivity index (χ3v) is 10.1. The molecule has 2 aromatic rings. The topological polar surface area (TPSA) is 70.8 Å². The van der Waals surface area contributed by atoms with Crippen molar-refractivity contribution in [2.75, 3.05) is 5.75 Å². The van der Waals surface area contributed by atoms with Gasteiger partial charge in [0.1, 0.15) is 8.07 Å². The highest BCUT2D eigenvalue weighted by molar-refractivity contribution is 7.91. The zero-order valence-electron chi connectivity index (χ0n) is 15.2. The summed E-state index contributed by atoms with van der Waals surface area (Å²) in [6, 6.07) is 17.2. The number of hydrogen-bond acceptors (Lipinski definition) is 4. The van der Waals surface area contributed by atoms with Crippen LogP contribution < -0.4 is 5.19 Å². The number of allylic oxidation sites excluding steroid dienone is 1. The molecule has 0 aliphatic rings. The number of benzene rings is 1. The molecule has 0 spiro atoms. The summed E-state index contributed by atoms with van der Waals surface area (Å²) < 4.78 is 25.8. The zero-order valence-corrected chi connectivity index (χ0v) is 17.0. The molecule has 0 atom stereocenters. The van der Waals surface area contributed by atoms with Crippen molar-refractivity contribution in [3.8, 4) is 6.07 Å². The van der Waals surface area contributed by atoms with Gasteiger partial charge in [0, 0.05) is 12.6 Å². The SMILES string of the molecule is C[Si](C)(/C(=C/CCCC#N)CS(=O)(=O)c1ccccn1)c1ccccc1. The Labute approximate surface area is 157 Å². The summed E-state index contributed by atoms with van der Waals surface area (Å²) in [5.41, 5.74) is 0. The number of aromatic nitrogens is 1. The van der Waals surface area contributed by atoms with Crippen molar-refractivity contribution < 1.29 is 8.42 Å². The predicted molar refractivity (Wildman–Crippen MR) is 107 cm³/mol. The molecule has 4 nitrogen and oxygen atoms in total. The maximum absolute atomic E-state index is 12.9. The molecule has 0 fully saturated rings. The molecule has 0 amide bonds. The summed E-state index contributed by atoms with van der Waals surface area (Å²) in [4.78, 5) is 4.03. The Morgan fingerprint density at radius 3 is 2.46 bits per heavy atom. The molecule has 0 radical (unpaired) electrons. The number of unbranched alkanes of at least 4 members (excludes halogenated alkanes) is 2. The van der Waals surface area contributed by atoms with Gasteiger partial charge < -0.3 is 0 Å². The Morgan fingerprint density at radius 2 is 1.85 bits per heavy atom. The van der Waals surface area contributed by atoms with Crippen LogP contribution in [-0.2, 0) is 9.84 Å². The largest absolute Gasteiger partial charge is 0.245 e. The Balaban J connectivity index is 2.37. The molecule has 0 bridgehead atoms. The lowest BCUT2D eigenvalue weighted by Crippen LogP contribution is -2.45. The minimum atomic E-state index is -3.50. The molecule has 0 aliphatic heterocycles. The van der Waals surface area contributed by atoms with Crippen LogP contribution in [0.1, 0.15) is 19.3 Å². The van der Waals surface area contributed by atoms with Crippen LogP contribution in [0.3, 0.4) is 0 Å². The second-order valence-electron chi connectivity index (χ2n) is 6.70. The third kappa shape index (κ3) is 5.13. The molecule has 0 saturated heterocycles. The number of nitrogens with zero attached hydrogens (tertiary/aromatic N) is 2. The Bertz CT molecular complexity index is 886. The number of rotatable bonds is 8. The lowest BCUT2D eigenvalue weighted by molar-refractivity contribution is 0.595. The summed E-state index contributed by atoms with van der Waals surface area (Å²) in [5, 5.41) is 11.0. The molecular weight excluding hydrogens is 360 g/mol. The highest BCUT2D eigenvalue weighted by atomic mass is 32.2. The van der Waals surface area contributed by atoms with E-state index in [9.17, 15) is 8.42 Å². The van der Waals surface area contributed by atoms with Crippen molar-refractivity contribution in [2.24, 2.45) is 0 Å². The molecule has 0 saturated carbocycles. The second kappa shape index (κ2) is 8.92. The molecule has 0 unspecified atom stereocenters. The Hall–Kier alpha value is -2.23. The zero-order chi connectivity index (χ0) is 19.0. The van der Waals surface area contributed by atoms with Gasteiger partial charge in [-0.25, -0.2) is 13.4 Å². The molecule has 1 aromatic carbocycles. The van der Waals surface area contributed by atoms with Gasteiger partial charge in [-0.15, -0.1) is 0 Å². The highest BCUT2D eigenvalue weighted by Crippen LogP contribution is 2.21. The van der Waals surface area contributed by atoms with Crippen LogP contribution in [-0.4, -0.2) is 27.2 Å². The third-order valence-electron chi connectivity index (χ3n) is 4.48. The average Bonchev–Trinajstić information content (AvgIpc) is 2.65. The Morgan fingerprint density at radius 1 is 1.15 bits per heavy atom. The van der Waals surface area contributed by atoms with Gasteiger partial charge in [-0.2, -0.15) is 5.26 Å². The van der Waals surface area contributed by atoms with Crippen LogP contribution in [0.15, 0.2) is 71.0 Å². The van der Waals surface area contributed by atoms with E-state index in [1.165, 1.54) is 11.4 Å². The summed E-state index contributed by atoms with van der Waals surface area (Å²) in [6.45, 7) is 4.35. The fourth-order valence-electron chi connectivity index (χ4n) is 2.80. The smallest absolute Gasteiger partial charge is 0.199 e. The first-order valence-corrected chi connectivity index (χ1v) is 13.3. The van der Waals surface area contributed by atoms with Gasteiger partial charge >= 0.3 is 0 Å². The van der Waals surface area contributed by atoms with E-state index in [2.05, 4.69) is 36.3 Å². The van der Waals surface area contributed by atoms with Crippen LogP contribution in [0.4, 0.5) is 0 Å². The van der Waals surface area contributed by atoms with Crippen molar-refractivity contribution in [2.45, 2.75) is 37.4 Å². The minimum Gasteiger partial charge on any atom is -0.245 e. The number of sulfone groups is 1. The molecule has 0 N–H and O–H groups in total. The van der Waals surface area contributed by atoms with Crippen molar-refractivity contribution >= 4 is 23.1 Å². The quantitative estimate of drug-likeness (QED) is 0.515. The molecule has 0 aliphatic carbocycles. The summed E-state index contributed by atoms with van der Waals surface area (Å²) in [7, 11) is -5.64. The summed E-state index contributed by atoms with van der Waals surface area (Å²) in [6.07, 6.45) is 5.47. The molecular formula is C20H24N2O2SSi. The van der Waals surface area contributed by atoms with Gasteiger partial charge in [0.05, 0.1) is 11.8 Å². The fraction of sp³-hybridized carbons (Fsp3) is 0.300. The van der Waals surface area contributed by atoms with Crippen LogP contribution >= 0.6 is 0 Å². The van der Waals surface area contributed by atoms with E-state index < -0.39 is 17.9 Å². The molecule has 6 heteroatoms. The van der Waals surface area contributed by atoms with Crippen LogP contribution in [0.25, 0.3) is 0 Å².